The van der Waals surface area contributed by atoms with Crippen molar-refractivity contribution in [3.05, 3.63) is 89.5 Å². The molecule has 5 rings (SSSR count). The highest BCUT2D eigenvalue weighted by atomic mass is 32.2. The fraction of sp³-hybridized carbons (Fsp3) is 0.323. The first kappa shape index (κ1) is 32.1. The maximum absolute atomic E-state index is 12.3. The van der Waals surface area contributed by atoms with Crippen LogP contribution in [0.2, 0.25) is 0 Å². The van der Waals surface area contributed by atoms with Crippen molar-refractivity contribution in [3.63, 3.8) is 0 Å². The van der Waals surface area contributed by atoms with Crippen LogP contribution >= 0.6 is 11.8 Å². The third-order valence-electron chi connectivity index (χ3n) is 7.20. The second-order valence-corrected chi connectivity index (χ2v) is 11.5. The number of phenolic OH excluding ortho intramolecular Hbond substituents is 1. The van der Waals surface area contributed by atoms with Crippen molar-refractivity contribution in [2.75, 3.05) is 11.1 Å². The van der Waals surface area contributed by atoms with Crippen LogP contribution in [0.4, 0.5) is 5.69 Å². The van der Waals surface area contributed by atoms with E-state index < -0.39 is 12.2 Å². The molecule has 1 aromatic heterocycles. The van der Waals surface area contributed by atoms with Gasteiger partial charge in [-0.25, -0.2) is 5.48 Å². The Bertz CT molecular complexity index is 1550. The number of nitrogens with one attached hydrogen (secondary N) is 2. The van der Waals surface area contributed by atoms with Crippen molar-refractivity contribution in [3.8, 4) is 11.4 Å². The molecule has 3 atom stereocenters. The second kappa shape index (κ2) is 15.6. The number of ether oxygens (including phenoxy) is 2. The molecule has 0 aliphatic carbocycles. The van der Waals surface area contributed by atoms with Crippen LogP contribution in [0, 0.1) is 0 Å². The SMILES string of the molecule is O=C(CCCCC(=O)Nc1ccc([C@H]2O[C@@H](CSc3nnnn3-c3ccc(O)cc3)C[C@@H](c3ccc(CO)cc3)O2)cc1)NO. The number of aromatic nitrogens is 4. The Balaban J connectivity index is 1.25. The lowest BCUT2D eigenvalue weighted by molar-refractivity contribution is -0.245. The zero-order valence-corrected chi connectivity index (χ0v) is 25.1. The van der Waals surface area contributed by atoms with E-state index in [9.17, 15) is 19.8 Å². The van der Waals surface area contributed by atoms with Gasteiger partial charge in [0.1, 0.15) is 5.75 Å². The number of aromatic hydroxyl groups is 1. The predicted molar refractivity (Wildman–Crippen MR) is 163 cm³/mol. The molecule has 13 nitrogen and oxygen atoms in total. The monoisotopic (exact) mass is 634 g/mol. The molecular formula is C31H34N6O7S. The van der Waals surface area contributed by atoms with E-state index in [1.165, 1.54) is 11.8 Å². The van der Waals surface area contributed by atoms with Crippen LogP contribution in [0.5, 0.6) is 5.75 Å². The van der Waals surface area contributed by atoms with E-state index >= 15 is 0 Å². The molecule has 1 saturated heterocycles. The molecule has 4 aromatic rings. The molecule has 14 heteroatoms. The van der Waals surface area contributed by atoms with E-state index in [1.807, 2.05) is 36.4 Å². The number of nitrogens with zero attached hydrogens (tertiary/aromatic N) is 4. The first-order chi connectivity index (χ1) is 21.9. The first-order valence-electron chi connectivity index (χ1n) is 14.5. The van der Waals surface area contributed by atoms with Crippen LogP contribution < -0.4 is 10.8 Å². The fourth-order valence-corrected chi connectivity index (χ4v) is 5.70. The van der Waals surface area contributed by atoms with Gasteiger partial charge in [0, 0.05) is 36.3 Å². The number of tetrazole rings is 1. The molecule has 45 heavy (non-hydrogen) atoms. The average molecular weight is 635 g/mol. The Labute approximate surface area is 263 Å². The summed E-state index contributed by atoms with van der Waals surface area (Å²) in [5.41, 5.74) is 5.47. The van der Waals surface area contributed by atoms with Gasteiger partial charge in [0.05, 0.1) is 24.5 Å². The van der Waals surface area contributed by atoms with E-state index in [4.69, 9.17) is 14.7 Å². The number of carbonyl (C=O) groups is 2. The highest BCUT2D eigenvalue weighted by Crippen LogP contribution is 2.39. The van der Waals surface area contributed by atoms with E-state index in [1.54, 1.807) is 46.6 Å². The number of thioether (sulfide) groups is 1. The molecule has 0 bridgehead atoms. The van der Waals surface area contributed by atoms with Crippen LogP contribution in [-0.4, -0.2) is 59.3 Å². The van der Waals surface area contributed by atoms with E-state index in [0.717, 1.165) is 16.7 Å². The number of hydrogen-bond donors (Lipinski definition) is 5. The summed E-state index contributed by atoms with van der Waals surface area (Å²) in [7, 11) is 0. The number of aliphatic hydroxyl groups excluding tert-OH is 1. The molecule has 3 aromatic carbocycles. The zero-order chi connectivity index (χ0) is 31.6. The van der Waals surface area contributed by atoms with Crippen molar-refractivity contribution in [2.24, 2.45) is 0 Å². The van der Waals surface area contributed by atoms with Gasteiger partial charge >= 0.3 is 0 Å². The van der Waals surface area contributed by atoms with Crippen molar-refractivity contribution >= 4 is 29.3 Å². The van der Waals surface area contributed by atoms with Crippen LogP contribution in [0.25, 0.3) is 5.69 Å². The van der Waals surface area contributed by atoms with Crippen LogP contribution in [0.1, 0.15) is 61.2 Å². The molecular weight excluding hydrogens is 600 g/mol. The number of carbonyl (C=O) groups excluding carboxylic acids is 2. The topological polar surface area (TPSA) is 181 Å². The molecule has 2 heterocycles. The Morgan fingerprint density at radius 3 is 2.29 bits per heavy atom. The van der Waals surface area contributed by atoms with Crippen molar-refractivity contribution in [1.82, 2.24) is 25.7 Å². The van der Waals surface area contributed by atoms with Gasteiger partial charge in [0.15, 0.2) is 6.29 Å². The van der Waals surface area contributed by atoms with Crippen LogP contribution in [-0.2, 0) is 25.7 Å². The van der Waals surface area contributed by atoms with Crippen LogP contribution in [0.15, 0.2) is 78.0 Å². The third-order valence-corrected chi connectivity index (χ3v) is 8.25. The van der Waals surface area contributed by atoms with Gasteiger partial charge in [-0.3, -0.25) is 14.8 Å². The summed E-state index contributed by atoms with van der Waals surface area (Å²) < 4.78 is 14.4. The summed E-state index contributed by atoms with van der Waals surface area (Å²) in [6.07, 6.45) is 0.810. The smallest absolute Gasteiger partial charge is 0.243 e. The quantitative estimate of drug-likeness (QED) is 0.0615. The fourth-order valence-electron chi connectivity index (χ4n) is 4.79. The standard InChI is InChI=1S/C31H34N6O7S/c38-18-20-5-7-21(8-6-20)27-17-26(19-45-31-33-35-36-37(31)24-13-15-25(39)16-14-24)43-30(44-27)22-9-11-23(12-10-22)32-28(40)3-1-2-4-29(41)34-42/h5-16,26-27,30,38-39,42H,1-4,17-19H2,(H,32,40)(H,34,41)/t26-,27+,30+/m1/s1. The van der Waals surface area contributed by atoms with Gasteiger partial charge in [-0.2, -0.15) is 4.68 Å². The van der Waals surface area contributed by atoms with Crippen molar-refractivity contribution < 1.29 is 34.5 Å². The maximum Gasteiger partial charge on any atom is 0.243 e. The Morgan fingerprint density at radius 1 is 0.911 bits per heavy atom. The summed E-state index contributed by atoms with van der Waals surface area (Å²) in [6.45, 7) is -0.0453. The van der Waals surface area contributed by atoms with Crippen molar-refractivity contribution in [1.29, 1.82) is 0 Å². The molecule has 236 valence electrons. The summed E-state index contributed by atoms with van der Waals surface area (Å²) in [6, 6.07) is 21.5. The summed E-state index contributed by atoms with van der Waals surface area (Å²) in [4.78, 5) is 23.5. The minimum absolute atomic E-state index is 0.0453. The van der Waals surface area contributed by atoms with Gasteiger partial charge in [-0.15, -0.1) is 5.10 Å². The Hall–Kier alpha value is -4.34. The number of anilines is 1. The van der Waals surface area contributed by atoms with E-state index in [0.29, 0.717) is 41.5 Å². The summed E-state index contributed by atoms with van der Waals surface area (Å²) >= 11 is 1.45. The highest BCUT2D eigenvalue weighted by Gasteiger charge is 2.32. The molecule has 1 aliphatic heterocycles. The number of hydroxylamine groups is 1. The Morgan fingerprint density at radius 2 is 1.60 bits per heavy atom. The van der Waals surface area contributed by atoms with Crippen LogP contribution in [0.3, 0.4) is 0 Å². The highest BCUT2D eigenvalue weighted by molar-refractivity contribution is 7.99. The number of unbranched alkanes of at least 4 members (excludes halogenated alkanes) is 1. The number of rotatable bonds is 13. The number of benzene rings is 3. The molecule has 0 radical (unpaired) electrons. The van der Waals surface area contributed by atoms with E-state index in [-0.39, 0.29) is 43.3 Å². The molecule has 0 spiro atoms. The predicted octanol–water partition coefficient (Wildman–Crippen LogP) is 4.20. The second-order valence-electron chi connectivity index (χ2n) is 10.5. The molecule has 1 aliphatic rings. The number of hydrogen-bond acceptors (Lipinski definition) is 11. The molecule has 2 amide bonds. The van der Waals surface area contributed by atoms with Gasteiger partial charge in [0.2, 0.25) is 17.0 Å². The normalized spacial score (nSPS) is 18.0. The van der Waals surface area contributed by atoms with Crippen molar-refractivity contribution in [2.45, 2.75) is 62.4 Å². The van der Waals surface area contributed by atoms with Gasteiger partial charge < -0.3 is 25.0 Å². The third kappa shape index (κ3) is 8.86. The van der Waals surface area contributed by atoms with E-state index in [2.05, 4.69) is 20.8 Å². The Kier molecular flexibility index (Phi) is 11.1. The van der Waals surface area contributed by atoms with Gasteiger partial charge in [-0.05, 0) is 70.8 Å². The van der Waals surface area contributed by atoms with Gasteiger partial charge in [0.25, 0.3) is 0 Å². The summed E-state index contributed by atoms with van der Waals surface area (Å²) in [5.74, 6) is 0.0452. The lowest BCUT2D eigenvalue weighted by Gasteiger charge is -2.36. The minimum atomic E-state index is -0.678. The first-order valence-corrected chi connectivity index (χ1v) is 15.4. The molecule has 5 N–H and O–H groups in total. The number of phenols is 1. The largest absolute Gasteiger partial charge is 0.508 e. The zero-order valence-electron chi connectivity index (χ0n) is 24.3. The lowest BCUT2D eigenvalue weighted by Crippen LogP contribution is -2.31. The molecule has 0 saturated carbocycles. The van der Waals surface area contributed by atoms with Gasteiger partial charge in [-0.1, -0.05) is 48.2 Å². The number of aliphatic hydroxyl groups is 1. The summed E-state index contributed by atoms with van der Waals surface area (Å²) in [5, 5.41) is 43.2. The molecule has 0 unspecified atom stereocenters. The maximum atomic E-state index is 12.3. The minimum Gasteiger partial charge on any atom is -0.508 e. The average Bonchev–Trinajstić information content (AvgIpc) is 3.55. The number of amides is 2. The lowest BCUT2D eigenvalue weighted by atomic mass is 10.0. The molecule has 1 fully saturated rings.